The van der Waals surface area contributed by atoms with Crippen LogP contribution in [0.2, 0.25) is 10.0 Å². The van der Waals surface area contributed by atoms with Crippen LogP contribution in [0.25, 0.3) is 0 Å². The molecule has 0 saturated carbocycles. The number of methoxy groups -OCH3 is 3. The minimum Gasteiger partial charge on any atom is -0.493 e. The highest BCUT2D eigenvalue weighted by Gasteiger charge is 2.51. The number of hydrogen-bond donors (Lipinski definition) is 3. The Balaban J connectivity index is 0.000000677. The molecular weight excluding hydrogens is 713 g/mol. The molecule has 12 nitrogen and oxygen atoms in total. The van der Waals surface area contributed by atoms with E-state index in [0.29, 0.717) is 77.6 Å². The average molecular weight is 757 g/mol. The number of carboxylic acids is 2. The Hall–Kier alpha value is -4.78. The van der Waals surface area contributed by atoms with Crippen molar-refractivity contribution < 1.29 is 43.6 Å². The zero-order chi connectivity index (χ0) is 38.2. The highest BCUT2D eigenvalue weighted by molar-refractivity contribution is 6.42. The van der Waals surface area contributed by atoms with E-state index in [2.05, 4.69) is 11.8 Å². The number of carbonyl (C=O) groups is 4. The number of piperidine rings is 1. The summed E-state index contributed by atoms with van der Waals surface area (Å²) in [6.07, 6.45) is 2.54. The van der Waals surface area contributed by atoms with Crippen LogP contribution in [0.15, 0.2) is 72.8 Å². The third kappa shape index (κ3) is 8.80. The van der Waals surface area contributed by atoms with Crippen molar-refractivity contribution in [3.8, 4) is 17.2 Å². The van der Waals surface area contributed by atoms with Crippen LogP contribution in [-0.4, -0.2) is 97.3 Å². The number of likely N-dealkylation sites (tertiary alicyclic amines) is 2. The average Bonchev–Trinajstić information content (AvgIpc) is 3.64. The van der Waals surface area contributed by atoms with Gasteiger partial charge in [0.25, 0.3) is 5.91 Å². The van der Waals surface area contributed by atoms with Crippen LogP contribution in [0.1, 0.15) is 47.2 Å². The molecule has 278 valence electrons. The first-order valence-corrected chi connectivity index (χ1v) is 17.3. The molecule has 0 radical (unpaired) electrons. The number of ether oxygens (including phenoxy) is 3. The van der Waals surface area contributed by atoms with E-state index < -0.39 is 17.4 Å². The maximum Gasteiger partial charge on any atom is 0.328 e. The van der Waals surface area contributed by atoms with Crippen LogP contribution in [0.3, 0.4) is 0 Å². The summed E-state index contributed by atoms with van der Waals surface area (Å²) < 4.78 is 16.4. The molecule has 3 aromatic carbocycles. The zero-order valence-corrected chi connectivity index (χ0v) is 30.9. The molecule has 2 fully saturated rings. The number of carbonyl (C=O) groups excluding carboxylic acids is 2. The number of primary amides is 1. The molecule has 2 aliphatic heterocycles. The fraction of sp³-hybridized carbons (Fsp3) is 0.368. The van der Waals surface area contributed by atoms with Crippen molar-refractivity contribution in [2.24, 2.45) is 11.7 Å². The van der Waals surface area contributed by atoms with Gasteiger partial charge in [-0.15, -0.1) is 0 Å². The largest absolute Gasteiger partial charge is 0.493 e. The summed E-state index contributed by atoms with van der Waals surface area (Å²) in [4.78, 5) is 50.5. The first kappa shape index (κ1) is 40.0. The molecule has 0 aromatic heterocycles. The Morgan fingerprint density at radius 2 is 1.48 bits per heavy atom. The van der Waals surface area contributed by atoms with Crippen molar-refractivity contribution >= 4 is 47.0 Å². The second-order valence-corrected chi connectivity index (χ2v) is 13.5. The quantitative estimate of drug-likeness (QED) is 0.213. The van der Waals surface area contributed by atoms with E-state index in [1.165, 1.54) is 21.3 Å². The molecule has 3 aromatic rings. The highest BCUT2D eigenvalue weighted by atomic mass is 35.5. The van der Waals surface area contributed by atoms with Crippen molar-refractivity contribution in [1.29, 1.82) is 0 Å². The molecule has 0 aliphatic carbocycles. The van der Waals surface area contributed by atoms with E-state index in [1.54, 1.807) is 18.2 Å². The van der Waals surface area contributed by atoms with Crippen LogP contribution in [0.5, 0.6) is 17.2 Å². The second-order valence-electron chi connectivity index (χ2n) is 12.6. The molecule has 2 saturated heterocycles. The summed E-state index contributed by atoms with van der Waals surface area (Å²) >= 11 is 12.8. The van der Waals surface area contributed by atoms with E-state index in [0.717, 1.165) is 17.5 Å². The first-order valence-electron chi connectivity index (χ1n) is 16.5. The molecule has 5 rings (SSSR count). The molecule has 4 N–H and O–H groups in total. The molecule has 52 heavy (non-hydrogen) atoms. The number of nitrogens with two attached hydrogens (primary N) is 1. The number of hydrogen-bond acceptors (Lipinski definition) is 8. The van der Waals surface area contributed by atoms with Crippen LogP contribution in [0.4, 0.5) is 0 Å². The van der Waals surface area contributed by atoms with Gasteiger partial charge in [0.2, 0.25) is 11.7 Å². The SMILES string of the molecule is COc1cc(C(=O)N2CCC(C(C)N3CCC(C(N)=O)(c4ccccc4)C(c4ccc(Cl)c(Cl)c4)C3)C2)cc(OC)c1OC.O=C(O)/C=C\C(=O)O. The number of benzene rings is 3. The number of halogens is 2. The van der Waals surface area contributed by atoms with Gasteiger partial charge in [0.05, 0.1) is 36.8 Å². The molecule has 4 atom stereocenters. The van der Waals surface area contributed by atoms with Gasteiger partial charge in [-0.2, -0.15) is 0 Å². The standard InChI is InChI=1S/C34H39Cl2N3O5.C4H4O4/c1-21(23-12-14-39(19-23)32(40)24-17-29(42-2)31(44-4)30(18-24)43-3)38-15-13-34(33(37)41,25-8-6-5-7-9-25)26(20-38)22-10-11-27(35)28(36)16-22;5-3(6)1-2-4(7)8/h5-11,16-18,21,23,26H,12-15,19-20H2,1-4H3,(H2,37,41);1-2H,(H,5,6)(H,7,8)/b;2-1-. The fourth-order valence-electron chi connectivity index (χ4n) is 7.18. The lowest BCUT2D eigenvalue weighted by Gasteiger charge is -2.49. The number of amides is 2. The summed E-state index contributed by atoms with van der Waals surface area (Å²) in [6, 6.07) is 18.9. The Kier molecular flexibility index (Phi) is 13.6. The van der Waals surface area contributed by atoms with E-state index >= 15 is 0 Å². The Morgan fingerprint density at radius 1 is 0.865 bits per heavy atom. The van der Waals surface area contributed by atoms with E-state index in [4.69, 9.17) is 53.4 Å². The van der Waals surface area contributed by atoms with Crippen molar-refractivity contribution in [2.45, 2.75) is 37.1 Å². The smallest absolute Gasteiger partial charge is 0.328 e. The Morgan fingerprint density at radius 3 is 2.00 bits per heavy atom. The second kappa shape index (κ2) is 17.6. The molecule has 2 heterocycles. The Labute approximate surface area is 312 Å². The van der Waals surface area contributed by atoms with Crippen molar-refractivity contribution in [1.82, 2.24) is 9.80 Å². The highest BCUT2D eigenvalue weighted by Crippen LogP contribution is 2.47. The van der Waals surface area contributed by atoms with Crippen molar-refractivity contribution in [2.75, 3.05) is 47.5 Å². The molecule has 0 spiro atoms. The van der Waals surface area contributed by atoms with E-state index in [9.17, 15) is 19.2 Å². The van der Waals surface area contributed by atoms with Gasteiger partial charge in [0, 0.05) is 49.3 Å². The molecule has 0 bridgehead atoms. The molecule has 2 aliphatic rings. The maximum absolute atomic E-state index is 13.6. The fourth-order valence-corrected chi connectivity index (χ4v) is 7.48. The van der Waals surface area contributed by atoms with Gasteiger partial charge in [0.1, 0.15) is 0 Å². The van der Waals surface area contributed by atoms with Gasteiger partial charge in [0.15, 0.2) is 11.5 Å². The number of carboxylic acid groups (broad SMARTS) is 2. The van der Waals surface area contributed by atoms with Gasteiger partial charge in [-0.3, -0.25) is 14.5 Å². The molecule has 2 amide bonds. The number of nitrogens with zero attached hydrogens (tertiary/aromatic N) is 2. The predicted molar refractivity (Wildman–Crippen MR) is 197 cm³/mol. The third-order valence-corrected chi connectivity index (χ3v) is 10.7. The lowest BCUT2D eigenvalue weighted by molar-refractivity contribution is -0.134. The van der Waals surface area contributed by atoms with Crippen molar-refractivity contribution in [3.05, 3.63) is 99.6 Å². The van der Waals surface area contributed by atoms with Gasteiger partial charge < -0.3 is 35.1 Å². The van der Waals surface area contributed by atoms with Crippen LogP contribution >= 0.6 is 23.2 Å². The minimum absolute atomic E-state index is 0.0805. The molecular formula is C38H43Cl2N3O9. The monoisotopic (exact) mass is 755 g/mol. The Bertz CT molecular complexity index is 1760. The summed E-state index contributed by atoms with van der Waals surface area (Å²) in [7, 11) is 4.61. The number of aliphatic carboxylic acids is 2. The predicted octanol–water partition coefficient (Wildman–Crippen LogP) is 5.49. The number of rotatable bonds is 11. The zero-order valence-electron chi connectivity index (χ0n) is 29.4. The minimum atomic E-state index is -1.26. The van der Waals surface area contributed by atoms with E-state index in [-0.39, 0.29) is 29.7 Å². The van der Waals surface area contributed by atoms with Crippen LogP contribution < -0.4 is 19.9 Å². The van der Waals surface area contributed by atoms with Crippen LogP contribution in [0, 0.1) is 5.92 Å². The maximum atomic E-state index is 13.6. The lowest BCUT2D eigenvalue weighted by atomic mass is 9.62. The third-order valence-electron chi connectivity index (χ3n) is 9.93. The molecule has 4 unspecified atom stereocenters. The topological polar surface area (TPSA) is 169 Å². The summed E-state index contributed by atoms with van der Waals surface area (Å²) in [5.74, 6) is -1.61. The van der Waals surface area contributed by atoms with Gasteiger partial charge in [-0.05, 0) is 67.6 Å². The summed E-state index contributed by atoms with van der Waals surface area (Å²) in [5.41, 5.74) is 7.66. The van der Waals surface area contributed by atoms with Crippen molar-refractivity contribution in [3.63, 3.8) is 0 Å². The summed E-state index contributed by atoms with van der Waals surface area (Å²) in [6.45, 7) is 4.76. The normalized spacial score (nSPS) is 20.8. The summed E-state index contributed by atoms with van der Waals surface area (Å²) in [5, 5.41) is 16.5. The first-order chi connectivity index (χ1) is 24.8. The van der Waals surface area contributed by atoms with E-state index in [1.807, 2.05) is 47.4 Å². The molecule has 14 heteroatoms. The van der Waals surface area contributed by atoms with Crippen LogP contribution in [-0.2, 0) is 19.8 Å². The van der Waals surface area contributed by atoms with Gasteiger partial charge in [-0.1, -0.05) is 59.6 Å². The van der Waals surface area contributed by atoms with Gasteiger partial charge in [-0.25, -0.2) is 9.59 Å². The van der Waals surface area contributed by atoms with Gasteiger partial charge >= 0.3 is 11.9 Å². The lowest BCUT2D eigenvalue weighted by Crippen LogP contribution is -2.57.